The Kier molecular flexibility index (Phi) is 4.64. The van der Waals surface area contributed by atoms with E-state index in [9.17, 15) is 0 Å². The highest BCUT2D eigenvalue weighted by molar-refractivity contribution is 5.40. The Balaban J connectivity index is 1.32. The van der Waals surface area contributed by atoms with Crippen molar-refractivity contribution < 1.29 is 0 Å². The third kappa shape index (κ3) is 3.27. The summed E-state index contributed by atoms with van der Waals surface area (Å²) in [6, 6.07) is 4.95. The van der Waals surface area contributed by atoms with Crippen LogP contribution in [0.3, 0.4) is 0 Å². The van der Waals surface area contributed by atoms with Gasteiger partial charge in [0.25, 0.3) is 0 Å². The fourth-order valence-corrected chi connectivity index (χ4v) is 5.19. The van der Waals surface area contributed by atoms with Crippen LogP contribution in [0.5, 0.6) is 0 Å². The molecule has 5 rings (SSSR count). The average molecular weight is 366 g/mol. The summed E-state index contributed by atoms with van der Waals surface area (Å²) in [5.41, 5.74) is 4.17. The molecule has 5 nitrogen and oxygen atoms in total. The molecule has 0 bridgehead atoms. The van der Waals surface area contributed by atoms with Crippen LogP contribution < -0.4 is 4.90 Å². The number of nitrogens with zero attached hydrogens (tertiary/aromatic N) is 5. The van der Waals surface area contributed by atoms with Crippen molar-refractivity contribution in [2.45, 2.75) is 64.0 Å². The molecule has 27 heavy (non-hydrogen) atoms. The number of aryl methyl sites for hydroxylation is 1. The second-order valence-electron chi connectivity index (χ2n) is 8.48. The minimum Gasteiger partial charge on any atom is -0.357 e. The van der Waals surface area contributed by atoms with E-state index in [0.717, 1.165) is 38.4 Å². The third-order valence-electron chi connectivity index (χ3n) is 6.69. The number of pyridine rings is 1. The highest BCUT2D eigenvalue weighted by Gasteiger charge is 2.31. The van der Waals surface area contributed by atoms with E-state index in [-0.39, 0.29) is 0 Å². The van der Waals surface area contributed by atoms with Crippen molar-refractivity contribution in [1.82, 2.24) is 19.4 Å². The summed E-state index contributed by atoms with van der Waals surface area (Å²) in [4.78, 5) is 14.9. The van der Waals surface area contributed by atoms with Gasteiger partial charge >= 0.3 is 0 Å². The van der Waals surface area contributed by atoms with E-state index in [0.29, 0.717) is 6.04 Å². The number of likely N-dealkylation sites (tertiary alicyclic amines) is 1. The molecule has 1 aliphatic carbocycles. The van der Waals surface area contributed by atoms with Crippen LogP contribution in [0.1, 0.15) is 67.3 Å². The lowest BCUT2D eigenvalue weighted by atomic mass is 10.0. The van der Waals surface area contributed by atoms with Gasteiger partial charge in [-0.15, -0.1) is 0 Å². The molecule has 2 aromatic rings. The zero-order valence-corrected chi connectivity index (χ0v) is 16.5. The van der Waals surface area contributed by atoms with Gasteiger partial charge in [-0.05, 0) is 69.5 Å². The van der Waals surface area contributed by atoms with Gasteiger partial charge in [-0.3, -0.25) is 4.90 Å². The van der Waals surface area contributed by atoms with E-state index < -0.39 is 0 Å². The maximum atomic E-state index is 5.09. The fourth-order valence-electron chi connectivity index (χ4n) is 5.19. The topological polar surface area (TPSA) is 37.2 Å². The lowest BCUT2D eigenvalue weighted by Gasteiger charge is -2.24. The van der Waals surface area contributed by atoms with E-state index in [4.69, 9.17) is 9.97 Å². The first-order valence-electron chi connectivity index (χ1n) is 10.8. The van der Waals surface area contributed by atoms with Crippen LogP contribution in [-0.4, -0.2) is 39.1 Å². The van der Waals surface area contributed by atoms with Gasteiger partial charge in [0.15, 0.2) is 0 Å². The van der Waals surface area contributed by atoms with Gasteiger partial charge in [-0.25, -0.2) is 9.97 Å². The Bertz CT molecular complexity index is 788. The third-order valence-corrected chi connectivity index (χ3v) is 6.69. The van der Waals surface area contributed by atoms with Gasteiger partial charge in [-0.2, -0.15) is 0 Å². The second kappa shape index (κ2) is 7.27. The number of rotatable bonds is 4. The number of fused-ring (bicyclic) bond motifs is 1. The molecule has 3 aliphatic rings. The lowest BCUT2D eigenvalue weighted by molar-refractivity contribution is 0.236. The van der Waals surface area contributed by atoms with Gasteiger partial charge in [0.05, 0.1) is 11.7 Å². The summed E-state index contributed by atoms with van der Waals surface area (Å²) in [7, 11) is 2.23. The highest BCUT2D eigenvalue weighted by Crippen LogP contribution is 2.35. The van der Waals surface area contributed by atoms with Crippen LogP contribution in [0.2, 0.25) is 0 Å². The second-order valence-corrected chi connectivity index (χ2v) is 8.48. The molecular formula is C22H31N5. The molecule has 144 valence electrons. The number of anilines is 1. The smallest absolute Gasteiger partial charge is 0.128 e. The summed E-state index contributed by atoms with van der Waals surface area (Å²) in [5.74, 6) is 2.44. The van der Waals surface area contributed by atoms with Crippen molar-refractivity contribution in [2.24, 2.45) is 7.05 Å². The van der Waals surface area contributed by atoms with Gasteiger partial charge in [0.1, 0.15) is 11.6 Å². The van der Waals surface area contributed by atoms with Gasteiger partial charge in [0.2, 0.25) is 0 Å². The van der Waals surface area contributed by atoms with Crippen LogP contribution in [0.4, 0.5) is 5.82 Å². The summed E-state index contributed by atoms with van der Waals surface area (Å²) >= 11 is 0. The van der Waals surface area contributed by atoms with E-state index in [2.05, 4.69) is 39.7 Å². The van der Waals surface area contributed by atoms with Gasteiger partial charge < -0.3 is 9.47 Å². The predicted molar refractivity (Wildman–Crippen MR) is 108 cm³/mol. The van der Waals surface area contributed by atoms with E-state index in [1.807, 2.05) is 0 Å². The molecule has 2 aromatic heterocycles. The van der Waals surface area contributed by atoms with Crippen molar-refractivity contribution in [3.05, 3.63) is 41.1 Å². The Morgan fingerprint density at radius 3 is 2.63 bits per heavy atom. The molecule has 0 aromatic carbocycles. The van der Waals surface area contributed by atoms with Crippen LogP contribution >= 0.6 is 0 Å². The molecule has 4 heterocycles. The molecule has 2 saturated heterocycles. The number of hydrogen-bond donors (Lipinski definition) is 0. The molecule has 2 fully saturated rings. The van der Waals surface area contributed by atoms with Crippen molar-refractivity contribution in [1.29, 1.82) is 0 Å². The maximum absolute atomic E-state index is 5.09. The molecule has 1 unspecified atom stereocenters. The molecule has 0 radical (unpaired) electrons. The highest BCUT2D eigenvalue weighted by atomic mass is 15.2. The predicted octanol–water partition coefficient (Wildman–Crippen LogP) is 3.63. The summed E-state index contributed by atoms with van der Waals surface area (Å²) in [5, 5.41) is 0. The minimum absolute atomic E-state index is 0.457. The summed E-state index contributed by atoms with van der Waals surface area (Å²) in [6.45, 7) is 4.46. The molecule has 2 aliphatic heterocycles. The first kappa shape index (κ1) is 17.2. The Labute approximate surface area is 162 Å². The minimum atomic E-state index is 0.457. The monoisotopic (exact) mass is 365 g/mol. The molecule has 5 heteroatoms. The van der Waals surface area contributed by atoms with Crippen molar-refractivity contribution >= 4 is 5.82 Å². The van der Waals surface area contributed by atoms with E-state index in [1.54, 1.807) is 0 Å². The summed E-state index contributed by atoms with van der Waals surface area (Å²) in [6.07, 6.45) is 12.2. The number of aromatic nitrogens is 3. The molecule has 1 atom stereocenters. The summed E-state index contributed by atoms with van der Waals surface area (Å²) < 4.78 is 2.41. The maximum Gasteiger partial charge on any atom is 0.128 e. The Morgan fingerprint density at radius 2 is 1.85 bits per heavy atom. The van der Waals surface area contributed by atoms with Gasteiger partial charge in [-0.1, -0.05) is 6.07 Å². The van der Waals surface area contributed by atoms with E-state index >= 15 is 0 Å². The van der Waals surface area contributed by atoms with Crippen molar-refractivity contribution in [3.63, 3.8) is 0 Å². The standard InChI is InChI=1S/C22H31N5/c1-25-19-8-3-2-7-18(19)24-22(25)20-9-6-14-27(20)16-17-10-11-21(23-15-17)26-12-4-5-13-26/h10-11,15,20H,2-9,12-14,16H2,1H3. The Morgan fingerprint density at radius 1 is 1.00 bits per heavy atom. The molecule has 0 saturated carbocycles. The fraction of sp³-hybridized carbons (Fsp3) is 0.636. The number of hydrogen-bond acceptors (Lipinski definition) is 4. The molecule has 0 N–H and O–H groups in total. The number of imidazole rings is 1. The largest absolute Gasteiger partial charge is 0.357 e. The van der Waals surface area contributed by atoms with E-state index in [1.165, 1.54) is 67.7 Å². The molecule has 0 spiro atoms. The molecule has 0 amide bonds. The zero-order chi connectivity index (χ0) is 18.2. The average Bonchev–Trinajstić information content (AvgIpc) is 3.44. The zero-order valence-electron chi connectivity index (χ0n) is 16.5. The normalized spacial score (nSPS) is 23.1. The Hall–Kier alpha value is -1.88. The van der Waals surface area contributed by atoms with Crippen molar-refractivity contribution in [2.75, 3.05) is 24.5 Å². The first-order valence-corrected chi connectivity index (χ1v) is 10.8. The lowest BCUT2D eigenvalue weighted by Crippen LogP contribution is -2.25. The SMILES string of the molecule is Cn1c(C2CCCN2Cc2ccc(N3CCCC3)nc2)nc2c1CCCC2. The quantitative estimate of drug-likeness (QED) is 0.829. The van der Waals surface area contributed by atoms with Crippen molar-refractivity contribution in [3.8, 4) is 0 Å². The first-order chi connectivity index (χ1) is 13.3. The van der Waals surface area contributed by atoms with Crippen LogP contribution in [0.15, 0.2) is 18.3 Å². The molecular weight excluding hydrogens is 334 g/mol. The van der Waals surface area contributed by atoms with Gasteiger partial charge in [0, 0.05) is 38.6 Å². The van der Waals surface area contributed by atoms with Crippen LogP contribution in [0, 0.1) is 0 Å². The van der Waals surface area contributed by atoms with Crippen LogP contribution in [-0.2, 0) is 26.4 Å². The van der Waals surface area contributed by atoms with Crippen LogP contribution in [0.25, 0.3) is 0 Å².